The molecule has 1 aromatic rings. The molecule has 4 nitrogen and oxygen atoms in total. The Bertz CT molecular complexity index is 347. The summed E-state index contributed by atoms with van der Waals surface area (Å²) < 4.78 is 0. The number of hydrogen-bond acceptors (Lipinski definition) is 5. The van der Waals surface area contributed by atoms with Gasteiger partial charge in [-0.1, -0.05) is 0 Å². The molecule has 0 aliphatic carbocycles. The number of aliphatic hydroxyl groups is 2. The molecule has 0 aliphatic rings. The summed E-state index contributed by atoms with van der Waals surface area (Å²) in [5.74, 6) is 0.495. The summed E-state index contributed by atoms with van der Waals surface area (Å²) in [6.45, 7) is 0. The third kappa shape index (κ3) is 3.20. The molecule has 0 radical (unpaired) electrons. The minimum atomic E-state index is -1.02. The van der Waals surface area contributed by atoms with Crippen LogP contribution in [0.2, 0.25) is 0 Å². The van der Waals surface area contributed by atoms with Crippen LogP contribution in [0.4, 0.5) is 0 Å². The number of aromatic nitrogens is 1. The van der Waals surface area contributed by atoms with Crippen LogP contribution in [0.3, 0.4) is 0 Å². The first-order valence-corrected chi connectivity index (χ1v) is 5.15. The Kier molecular flexibility index (Phi) is 4.56. The molecule has 80 valence electrons. The molecule has 1 rings (SSSR count). The average molecular weight is 224 g/mol. The molecular formula is C10H12N2O2S. The van der Waals surface area contributed by atoms with Crippen LogP contribution in [-0.2, 0) is 0 Å². The van der Waals surface area contributed by atoms with Crippen LogP contribution in [-0.4, -0.2) is 27.1 Å². The zero-order valence-corrected chi connectivity index (χ0v) is 8.93. The van der Waals surface area contributed by atoms with Crippen molar-refractivity contribution in [2.75, 3.05) is 5.75 Å². The molecule has 2 N–H and O–H groups in total. The predicted molar refractivity (Wildman–Crippen MR) is 58.4 cm³/mol. The highest BCUT2D eigenvalue weighted by atomic mass is 32.1. The molecule has 0 spiro atoms. The Morgan fingerprint density at radius 2 is 2.20 bits per heavy atom. The zero-order chi connectivity index (χ0) is 11.3. The highest BCUT2D eigenvalue weighted by Crippen LogP contribution is 2.17. The van der Waals surface area contributed by atoms with Gasteiger partial charge in [0.1, 0.15) is 12.2 Å². The summed E-state index contributed by atoms with van der Waals surface area (Å²) in [5, 5.41) is 27.7. The summed E-state index contributed by atoms with van der Waals surface area (Å²) in [5.41, 5.74) is 0.790. The summed E-state index contributed by atoms with van der Waals surface area (Å²) >= 11 is 3.96. The van der Waals surface area contributed by atoms with Gasteiger partial charge >= 0.3 is 0 Å². The number of rotatable bonds is 4. The molecule has 1 aromatic heterocycles. The van der Waals surface area contributed by atoms with Gasteiger partial charge in [-0.3, -0.25) is 4.98 Å². The average Bonchev–Trinajstić information content (AvgIpc) is 2.28. The monoisotopic (exact) mass is 224 g/mol. The van der Waals surface area contributed by atoms with E-state index in [-0.39, 0.29) is 0 Å². The molecule has 0 aliphatic heterocycles. The van der Waals surface area contributed by atoms with Crippen molar-refractivity contribution in [3.05, 3.63) is 29.6 Å². The minimum Gasteiger partial charge on any atom is -0.390 e. The maximum Gasteiger partial charge on any atom is 0.122 e. The number of nitrogens with zero attached hydrogens (tertiary/aromatic N) is 2. The van der Waals surface area contributed by atoms with Gasteiger partial charge in [-0.25, -0.2) is 0 Å². The first-order chi connectivity index (χ1) is 7.19. The fraction of sp³-hybridized carbons (Fsp3) is 0.400. The van der Waals surface area contributed by atoms with Crippen LogP contribution in [0, 0.1) is 11.3 Å². The maximum absolute atomic E-state index is 9.65. The van der Waals surface area contributed by atoms with Gasteiger partial charge in [0, 0.05) is 6.20 Å². The molecule has 0 amide bonds. The Labute approximate surface area is 93.6 Å². The molecule has 5 heteroatoms. The van der Waals surface area contributed by atoms with Crippen molar-refractivity contribution in [2.24, 2.45) is 0 Å². The van der Waals surface area contributed by atoms with Crippen molar-refractivity contribution in [1.29, 1.82) is 5.26 Å². The van der Waals surface area contributed by atoms with Crippen LogP contribution >= 0.6 is 12.6 Å². The third-order valence-electron chi connectivity index (χ3n) is 2.01. The number of pyridine rings is 1. The van der Waals surface area contributed by atoms with Gasteiger partial charge in [-0.2, -0.15) is 17.9 Å². The molecular weight excluding hydrogens is 212 g/mol. The molecule has 1 heterocycles. The Hall–Kier alpha value is -1.09. The first-order valence-electron chi connectivity index (χ1n) is 4.52. The van der Waals surface area contributed by atoms with Crippen molar-refractivity contribution in [2.45, 2.75) is 18.6 Å². The van der Waals surface area contributed by atoms with E-state index in [1.165, 1.54) is 12.3 Å². The van der Waals surface area contributed by atoms with Gasteiger partial charge in [-0.15, -0.1) is 0 Å². The molecule has 0 bridgehead atoms. The van der Waals surface area contributed by atoms with Gasteiger partial charge < -0.3 is 10.2 Å². The van der Waals surface area contributed by atoms with Crippen LogP contribution in [0.1, 0.15) is 23.8 Å². The second-order valence-electron chi connectivity index (χ2n) is 3.11. The van der Waals surface area contributed by atoms with E-state index in [2.05, 4.69) is 17.6 Å². The van der Waals surface area contributed by atoms with E-state index >= 15 is 0 Å². The lowest BCUT2D eigenvalue weighted by Crippen LogP contribution is -2.19. The van der Waals surface area contributed by atoms with Crippen molar-refractivity contribution in [3.8, 4) is 6.07 Å². The van der Waals surface area contributed by atoms with Crippen molar-refractivity contribution in [3.63, 3.8) is 0 Å². The smallest absolute Gasteiger partial charge is 0.122 e. The van der Waals surface area contributed by atoms with E-state index in [0.717, 1.165) is 0 Å². The summed E-state index contributed by atoms with van der Waals surface area (Å²) in [6.07, 6.45) is -0.134. The molecule has 2 unspecified atom stereocenters. The SMILES string of the molecule is N#Cc1ccc(C(O)C(O)CCS)nc1. The highest BCUT2D eigenvalue weighted by molar-refractivity contribution is 7.80. The lowest BCUT2D eigenvalue weighted by molar-refractivity contribution is 0.0147. The Morgan fingerprint density at radius 1 is 1.47 bits per heavy atom. The highest BCUT2D eigenvalue weighted by Gasteiger charge is 2.18. The lowest BCUT2D eigenvalue weighted by atomic mass is 10.1. The summed E-state index contributed by atoms with van der Waals surface area (Å²) in [7, 11) is 0. The first kappa shape index (κ1) is 12.0. The predicted octanol–water partition coefficient (Wildman–Crippen LogP) is 0.667. The number of aliphatic hydroxyl groups excluding tert-OH is 2. The topological polar surface area (TPSA) is 77.1 Å². The van der Waals surface area contributed by atoms with Crippen LogP contribution in [0.5, 0.6) is 0 Å². The zero-order valence-electron chi connectivity index (χ0n) is 8.04. The molecule has 0 fully saturated rings. The van der Waals surface area contributed by atoms with Gasteiger partial charge in [0.15, 0.2) is 0 Å². The van der Waals surface area contributed by atoms with Gasteiger partial charge in [0.2, 0.25) is 0 Å². The van der Waals surface area contributed by atoms with E-state index in [0.29, 0.717) is 23.4 Å². The minimum absolute atomic E-state index is 0.364. The van der Waals surface area contributed by atoms with Gasteiger partial charge in [0.25, 0.3) is 0 Å². The molecule has 15 heavy (non-hydrogen) atoms. The van der Waals surface area contributed by atoms with E-state index in [4.69, 9.17) is 5.26 Å². The number of nitriles is 1. The normalized spacial score (nSPS) is 14.3. The van der Waals surface area contributed by atoms with E-state index in [1.807, 2.05) is 6.07 Å². The largest absolute Gasteiger partial charge is 0.390 e. The van der Waals surface area contributed by atoms with Crippen molar-refractivity contribution >= 4 is 12.6 Å². The van der Waals surface area contributed by atoms with Crippen LogP contribution in [0.15, 0.2) is 18.3 Å². The van der Waals surface area contributed by atoms with Crippen molar-refractivity contribution < 1.29 is 10.2 Å². The molecule has 0 saturated heterocycles. The maximum atomic E-state index is 9.65. The lowest BCUT2D eigenvalue weighted by Gasteiger charge is -2.16. The number of hydrogen-bond donors (Lipinski definition) is 3. The standard InChI is InChI=1S/C10H12N2O2S/c11-5-7-1-2-8(12-6-7)10(14)9(13)3-4-15/h1-2,6,9-10,13-15H,3-4H2. The summed E-state index contributed by atoms with van der Waals surface area (Å²) in [4.78, 5) is 3.90. The van der Waals surface area contributed by atoms with E-state index in [9.17, 15) is 10.2 Å². The third-order valence-corrected chi connectivity index (χ3v) is 2.27. The second-order valence-corrected chi connectivity index (χ2v) is 3.56. The van der Waals surface area contributed by atoms with Crippen LogP contribution < -0.4 is 0 Å². The number of thiol groups is 1. The Morgan fingerprint density at radius 3 is 2.67 bits per heavy atom. The second kappa shape index (κ2) is 5.71. The fourth-order valence-corrected chi connectivity index (χ4v) is 1.40. The molecule has 0 saturated carbocycles. The quantitative estimate of drug-likeness (QED) is 0.657. The van der Waals surface area contributed by atoms with Crippen LogP contribution in [0.25, 0.3) is 0 Å². The van der Waals surface area contributed by atoms with E-state index in [1.54, 1.807) is 6.07 Å². The van der Waals surface area contributed by atoms with Gasteiger partial charge in [0.05, 0.1) is 17.4 Å². The fourth-order valence-electron chi connectivity index (χ4n) is 1.13. The van der Waals surface area contributed by atoms with E-state index < -0.39 is 12.2 Å². The Balaban J connectivity index is 2.74. The molecule has 0 aromatic carbocycles. The molecule has 2 atom stereocenters. The summed E-state index contributed by atoms with van der Waals surface area (Å²) in [6, 6.07) is 5.02. The van der Waals surface area contributed by atoms with Gasteiger partial charge in [-0.05, 0) is 24.3 Å². The van der Waals surface area contributed by atoms with Crippen molar-refractivity contribution in [1.82, 2.24) is 4.98 Å².